The molecule has 0 unspecified atom stereocenters. The zero-order valence-corrected chi connectivity index (χ0v) is 14.5. The smallest absolute Gasteiger partial charge is 0.220 e. The van der Waals surface area contributed by atoms with Gasteiger partial charge in [-0.1, -0.05) is 29.8 Å². The van der Waals surface area contributed by atoms with E-state index in [0.717, 1.165) is 22.2 Å². The first-order valence-corrected chi connectivity index (χ1v) is 8.35. The van der Waals surface area contributed by atoms with Crippen molar-refractivity contribution in [3.8, 4) is 0 Å². The van der Waals surface area contributed by atoms with Crippen molar-refractivity contribution in [2.75, 3.05) is 0 Å². The Morgan fingerprint density at radius 3 is 2.74 bits per heavy atom. The van der Waals surface area contributed by atoms with E-state index in [1.54, 1.807) is 0 Å². The van der Waals surface area contributed by atoms with Crippen LogP contribution < -0.4 is 5.32 Å². The number of nitrogens with one attached hydrogen (secondary N) is 1. The molecule has 5 heteroatoms. The molecule has 0 atom stereocenters. The van der Waals surface area contributed by atoms with Gasteiger partial charge in [-0.2, -0.15) is 0 Å². The molecule has 2 heterocycles. The van der Waals surface area contributed by atoms with Crippen molar-refractivity contribution in [3.63, 3.8) is 0 Å². The number of nitrogens with zero attached hydrogens (tertiary/aromatic N) is 2. The molecule has 2 aromatic heterocycles. The van der Waals surface area contributed by atoms with Crippen LogP contribution in [0.25, 0.3) is 5.65 Å². The predicted octanol–water partition coefficient (Wildman–Crippen LogP) is 3.65. The highest BCUT2D eigenvalue weighted by molar-refractivity contribution is 9.10. The number of carbonyl (C=O) groups is 1. The molecule has 3 rings (SSSR count). The van der Waals surface area contributed by atoms with E-state index in [0.29, 0.717) is 13.0 Å². The molecule has 0 fully saturated rings. The number of hydrogen-bond acceptors (Lipinski definition) is 2. The average molecular weight is 372 g/mol. The first-order chi connectivity index (χ1) is 11.1. The second-order valence-electron chi connectivity index (χ2n) is 5.61. The van der Waals surface area contributed by atoms with Crippen LogP contribution in [-0.4, -0.2) is 15.3 Å². The summed E-state index contributed by atoms with van der Waals surface area (Å²) in [5, 5.41) is 2.93. The molecule has 0 bridgehead atoms. The third-order valence-corrected chi connectivity index (χ3v) is 4.16. The van der Waals surface area contributed by atoms with Crippen LogP contribution in [0.1, 0.15) is 23.2 Å². The lowest BCUT2D eigenvalue weighted by Crippen LogP contribution is -2.23. The van der Waals surface area contributed by atoms with E-state index in [2.05, 4.69) is 57.4 Å². The van der Waals surface area contributed by atoms with Gasteiger partial charge in [-0.3, -0.25) is 4.79 Å². The zero-order valence-electron chi connectivity index (χ0n) is 12.9. The minimum atomic E-state index is 0.0452. The van der Waals surface area contributed by atoms with Crippen molar-refractivity contribution in [1.29, 1.82) is 0 Å². The molecule has 118 valence electrons. The van der Waals surface area contributed by atoms with Crippen LogP contribution in [0.4, 0.5) is 0 Å². The van der Waals surface area contributed by atoms with Gasteiger partial charge in [0.1, 0.15) is 5.65 Å². The number of hydrogen-bond donors (Lipinski definition) is 1. The van der Waals surface area contributed by atoms with Gasteiger partial charge in [0.05, 0.1) is 12.2 Å². The van der Waals surface area contributed by atoms with Crippen LogP contribution in [-0.2, 0) is 17.8 Å². The summed E-state index contributed by atoms with van der Waals surface area (Å²) in [5.74, 6) is 0.0452. The summed E-state index contributed by atoms with van der Waals surface area (Å²) in [6.07, 6.45) is 5.12. The number of fused-ring (bicyclic) bond motifs is 1. The van der Waals surface area contributed by atoms with Gasteiger partial charge in [0.2, 0.25) is 5.91 Å². The zero-order chi connectivity index (χ0) is 16.2. The summed E-state index contributed by atoms with van der Waals surface area (Å²) in [4.78, 5) is 16.5. The van der Waals surface area contributed by atoms with Crippen molar-refractivity contribution in [2.24, 2.45) is 0 Å². The molecule has 4 nitrogen and oxygen atoms in total. The summed E-state index contributed by atoms with van der Waals surface area (Å²) >= 11 is 3.43. The average Bonchev–Trinajstić information content (AvgIpc) is 2.94. The largest absolute Gasteiger partial charge is 0.350 e. The molecule has 1 aromatic carbocycles. The number of imidazole rings is 1. The van der Waals surface area contributed by atoms with E-state index in [1.807, 2.05) is 28.9 Å². The SMILES string of the molecule is Cc1ccc(CCC(=O)NCc2cn3cc(Br)ccc3n2)cc1. The van der Waals surface area contributed by atoms with Crippen molar-refractivity contribution >= 4 is 27.5 Å². The van der Waals surface area contributed by atoms with Crippen LogP contribution in [0.3, 0.4) is 0 Å². The number of aromatic nitrogens is 2. The van der Waals surface area contributed by atoms with Gasteiger partial charge in [0.25, 0.3) is 0 Å². The lowest BCUT2D eigenvalue weighted by atomic mass is 10.1. The second-order valence-corrected chi connectivity index (χ2v) is 6.52. The molecule has 1 N–H and O–H groups in total. The van der Waals surface area contributed by atoms with Crippen LogP contribution in [0.5, 0.6) is 0 Å². The number of carbonyl (C=O) groups excluding carboxylic acids is 1. The Bertz CT molecular complexity index is 824. The fourth-order valence-electron chi connectivity index (χ4n) is 2.39. The van der Waals surface area contributed by atoms with Gasteiger partial charge < -0.3 is 9.72 Å². The highest BCUT2D eigenvalue weighted by Crippen LogP contribution is 2.12. The first kappa shape index (κ1) is 15.7. The van der Waals surface area contributed by atoms with Crippen molar-refractivity contribution in [1.82, 2.24) is 14.7 Å². The van der Waals surface area contributed by atoms with Crippen molar-refractivity contribution < 1.29 is 4.79 Å². The predicted molar refractivity (Wildman–Crippen MR) is 94.2 cm³/mol. The van der Waals surface area contributed by atoms with Crippen LogP contribution in [0, 0.1) is 6.92 Å². The van der Waals surface area contributed by atoms with Gasteiger partial charge in [0, 0.05) is 23.3 Å². The Labute approximate surface area is 143 Å². The number of amides is 1. The molecule has 0 aliphatic rings. The molecule has 0 saturated heterocycles. The highest BCUT2D eigenvalue weighted by Gasteiger charge is 2.05. The maximum Gasteiger partial charge on any atom is 0.220 e. The van der Waals surface area contributed by atoms with Gasteiger partial charge in [-0.25, -0.2) is 4.98 Å². The minimum absolute atomic E-state index is 0.0452. The number of rotatable bonds is 5. The number of pyridine rings is 1. The van der Waals surface area contributed by atoms with Gasteiger partial charge in [-0.15, -0.1) is 0 Å². The molecule has 0 aliphatic heterocycles. The Hall–Kier alpha value is -2.14. The summed E-state index contributed by atoms with van der Waals surface area (Å²) < 4.78 is 2.94. The summed E-state index contributed by atoms with van der Waals surface area (Å²) in [6, 6.07) is 12.2. The molecule has 0 saturated carbocycles. The van der Waals surface area contributed by atoms with E-state index in [4.69, 9.17) is 0 Å². The van der Waals surface area contributed by atoms with Crippen LogP contribution >= 0.6 is 15.9 Å². The Balaban J connectivity index is 1.52. The lowest BCUT2D eigenvalue weighted by molar-refractivity contribution is -0.121. The monoisotopic (exact) mass is 371 g/mol. The summed E-state index contributed by atoms with van der Waals surface area (Å²) in [6.45, 7) is 2.51. The van der Waals surface area contributed by atoms with Gasteiger partial charge in [-0.05, 0) is 47.0 Å². The minimum Gasteiger partial charge on any atom is -0.350 e. The molecule has 0 spiro atoms. The maximum absolute atomic E-state index is 12.0. The van der Waals surface area contributed by atoms with Crippen molar-refractivity contribution in [2.45, 2.75) is 26.3 Å². The molecule has 3 aromatic rings. The van der Waals surface area contributed by atoms with E-state index in [-0.39, 0.29) is 5.91 Å². The van der Waals surface area contributed by atoms with Gasteiger partial charge in [0.15, 0.2) is 0 Å². The Kier molecular flexibility index (Phi) is 4.76. The number of halogens is 1. The van der Waals surface area contributed by atoms with E-state index in [1.165, 1.54) is 11.1 Å². The van der Waals surface area contributed by atoms with E-state index in [9.17, 15) is 4.79 Å². The molecular formula is C18H18BrN3O. The van der Waals surface area contributed by atoms with Crippen LogP contribution in [0.2, 0.25) is 0 Å². The third kappa shape index (κ3) is 4.20. The van der Waals surface area contributed by atoms with E-state index < -0.39 is 0 Å². The second kappa shape index (κ2) is 6.96. The fraction of sp³-hybridized carbons (Fsp3) is 0.222. The molecule has 1 amide bonds. The first-order valence-electron chi connectivity index (χ1n) is 7.55. The highest BCUT2D eigenvalue weighted by atomic mass is 79.9. The Morgan fingerprint density at radius 1 is 1.17 bits per heavy atom. The topological polar surface area (TPSA) is 46.4 Å². The quantitative estimate of drug-likeness (QED) is 0.743. The number of aryl methyl sites for hydroxylation is 2. The summed E-state index contributed by atoms with van der Waals surface area (Å²) in [5.41, 5.74) is 4.14. The van der Waals surface area contributed by atoms with Crippen molar-refractivity contribution in [3.05, 3.63) is 70.1 Å². The Morgan fingerprint density at radius 2 is 1.96 bits per heavy atom. The van der Waals surface area contributed by atoms with Crippen LogP contribution in [0.15, 0.2) is 53.3 Å². The maximum atomic E-state index is 12.0. The summed E-state index contributed by atoms with van der Waals surface area (Å²) in [7, 11) is 0. The fourth-order valence-corrected chi connectivity index (χ4v) is 2.75. The lowest BCUT2D eigenvalue weighted by Gasteiger charge is -2.04. The van der Waals surface area contributed by atoms with Gasteiger partial charge >= 0.3 is 0 Å². The van der Waals surface area contributed by atoms with E-state index >= 15 is 0 Å². The number of benzene rings is 1. The molecule has 0 aliphatic carbocycles. The normalized spacial score (nSPS) is 10.9. The third-order valence-electron chi connectivity index (χ3n) is 3.69. The molecular weight excluding hydrogens is 354 g/mol. The molecule has 0 radical (unpaired) electrons. The standard InChI is InChI=1S/C18H18BrN3O/c1-13-2-4-14(5-3-13)6-9-18(23)20-10-16-12-22-11-15(19)7-8-17(22)21-16/h2-5,7-8,11-12H,6,9-10H2,1H3,(H,20,23). The molecule has 23 heavy (non-hydrogen) atoms.